The molecule has 0 unspecified atom stereocenters. The van der Waals surface area contributed by atoms with Gasteiger partial charge in [0.15, 0.2) is 47.1 Å². The number of fused-ring (bicyclic) bond motifs is 12. The van der Waals surface area contributed by atoms with Crippen molar-refractivity contribution in [3.8, 4) is 45.0 Å². The maximum Gasteiger partial charge on any atom is 0.227 e. The van der Waals surface area contributed by atoms with Crippen molar-refractivity contribution >= 4 is 88.3 Å². The fourth-order valence-electron chi connectivity index (χ4n) is 16.7. The lowest BCUT2D eigenvalue weighted by atomic mass is 9.86. The summed E-state index contributed by atoms with van der Waals surface area (Å²) in [5.74, 6) is 0.749. The van der Waals surface area contributed by atoms with Gasteiger partial charge in [-0.3, -0.25) is 0 Å². The Bertz CT molecular complexity index is 6450. The predicted molar refractivity (Wildman–Crippen MR) is 490 cm³/mol. The summed E-state index contributed by atoms with van der Waals surface area (Å²) in [7, 11) is 8.38. The van der Waals surface area contributed by atoms with E-state index in [4.69, 9.17) is 35.4 Å². The van der Waals surface area contributed by atoms with Crippen LogP contribution in [-0.4, -0.2) is 19.9 Å². The van der Waals surface area contributed by atoms with E-state index in [0.29, 0.717) is 17.5 Å². The average Bonchev–Trinajstić information content (AvgIpc) is 1.57. The summed E-state index contributed by atoms with van der Waals surface area (Å²) in [5, 5.41) is 8.72. The lowest BCUT2D eigenvalue weighted by molar-refractivity contribution is -0.661. The molecule has 4 aromatic carbocycles. The van der Waals surface area contributed by atoms with E-state index >= 15 is 0 Å². The third-order valence-electron chi connectivity index (χ3n) is 22.9. The predicted octanol–water partition coefficient (Wildman–Crippen LogP) is 26.1. The lowest BCUT2D eigenvalue weighted by Crippen LogP contribution is -2.32. The first kappa shape index (κ1) is 82.4. The summed E-state index contributed by atoms with van der Waals surface area (Å²) in [4.78, 5) is 19.0. The molecule has 16 rings (SSSR count). The van der Waals surface area contributed by atoms with E-state index in [0.717, 1.165) is 182 Å². The molecule has 0 saturated carbocycles. The van der Waals surface area contributed by atoms with Gasteiger partial charge in [0, 0.05) is 115 Å². The normalized spacial score (nSPS) is 12.7. The van der Waals surface area contributed by atoms with Gasteiger partial charge in [-0.25, -0.2) is 38.2 Å². The minimum atomic E-state index is -1.45. The molecule has 12 nitrogen and oxygen atoms in total. The second kappa shape index (κ2) is 32.9. The summed E-state index contributed by atoms with van der Waals surface area (Å²) in [6, 6.07) is 43.2. The smallest absolute Gasteiger partial charge is 0.227 e. The Labute approximate surface area is 703 Å². The summed E-state index contributed by atoms with van der Waals surface area (Å²) >= 11 is 0. The van der Waals surface area contributed by atoms with E-state index in [1.807, 2.05) is 45.5 Å². The van der Waals surface area contributed by atoms with Crippen molar-refractivity contribution in [2.75, 3.05) is 0 Å². The Hall–Kier alpha value is -10.7. The molecular weight excluding hydrogens is 1450 g/mol. The van der Waals surface area contributed by atoms with E-state index < -0.39 is 11.8 Å². The van der Waals surface area contributed by atoms with Gasteiger partial charge < -0.3 is 17.7 Å². The van der Waals surface area contributed by atoms with Crippen molar-refractivity contribution in [2.45, 2.75) is 230 Å². The van der Waals surface area contributed by atoms with Crippen LogP contribution in [0.25, 0.3) is 133 Å². The molecule has 12 heteroatoms. The maximum atomic E-state index is 8.74. The van der Waals surface area contributed by atoms with Crippen molar-refractivity contribution in [1.29, 1.82) is 0 Å². The van der Waals surface area contributed by atoms with E-state index in [2.05, 4.69) is 332 Å². The molecule has 0 aliphatic heterocycles. The zero-order valence-electron chi connectivity index (χ0n) is 78.3. The molecule has 0 fully saturated rings. The third-order valence-corrected chi connectivity index (χ3v) is 22.9. The summed E-state index contributed by atoms with van der Waals surface area (Å²) in [6.45, 7) is 56.5. The second-order valence-electron chi connectivity index (χ2n) is 38.8. The van der Waals surface area contributed by atoms with Crippen LogP contribution in [0, 0.1) is 77.0 Å². The molecule has 0 bridgehead atoms. The molecule has 612 valence electrons. The molecule has 118 heavy (non-hydrogen) atoms. The van der Waals surface area contributed by atoms with Crippen LogP contribution in [0.1, 0.15) is 229 Å². The lowest BCUT2D eigenvalue weighted by Gasteiger charge is -2.19. The highest BCUT2D eigenvalue weighted by molar-refractivity contribution is 6.12. The number of rotatable bonds is 12. The number of benzene rings is 4. The number of aromatic nitrogens is 8. The number of nitrogens with zero attached hydrogens (tertiary/aromatic N) is 8. The van der Waals surface area contributed by atoms with Gasteiger partial charge in [-0.15, -0.1) is 0 Å². The van der Waals surface area contributed by atoms with Gasteiger partial charge in [0.1, 0.15) is 28.2 Å². The van der Waals surface area contributed by atoms with Crippen LogP contribution in [0.2, 0.25) is 0 Å². The molecule has 0 radical (unpaired) electrons. The summed E-state index contributed by atoms with van der Waals surface area (Å²) in [5.41, 5.74) is 34.5. The highest BCUT2D eigenvalue weighted by Crippen LogP contribution is 2.43. The van der Waals surface area contributed by atoms with Crippen LogP contribution < -0.4 is 18.3 Å². The molecule has 0 saturated heterocycles. The van der Waals surface area contributed by atoms with Crippen LogP contribution in [0.15, 0.2) is 164 Å². The van der Waals surface area contributed by atoms with Crippen molar-refractivity contribution in [1.82, 2.24) is 19.9 Å². The first-order valence-electron chi connectivity index (χ1n) is 43.5. The van der Waals surface area contributed by atoms with Crippen LogP contribution in [-0.2, 0) is 66.7 Å². The number of hydrogen-bond acceptors (Lipinski definition) is 8. The minimum absolute atomic E-state index is 0.258. The average molecular weight is 1580 g/mol. The molecule has 16 aromatic rings. The summed E-state index contributed by atoms with van der Waals surface area (Å²) < 4.78 is 51.7. The van der Waals surface area contributed by atoms with Crippen LogP contribution >= 0.6 is 0 Å². The minimum Gasteiger partial charge on any atom is -0.437 e. The Morgan fingerprint density at radius 2 is 0.542 bits per heavy atom. The molecule has 0 aliphatic carbocycles. The Balaban J connectivity index is 0.000000138. The third kappa shape index (κ3) is 17.8. The largest absolute Gasteiger partial charge is 0.437 e. The SMILES string of the molecule is CCc1ccc2c(n1)oc1c(-c3cc(C)c(CC(C)(C)C)c[n+]3C)c(C)ccc12.Cc1cc(-c2c(C)ccc3c2oc2nc(C(C)C)ccc23)[n+](C)cc1CC(C)(C)C.Cc1cc(-c2c(C)ccc3c2oc2nc(C(C)C)ccc23)[n+](C)cc1CC(C)(C)C.[2H]C([2H])(c1c[n+](C)c(-c2c(C)ccc3c2oc2nc(CC)ccc23)cc1C)C(C)(C)C. The van der Waals surface area contributed by atoms with Gasteiger partial charge in [0.25, 0.3) is 0 Å². The number of furan rings is 4. The van der Waals surface area contributed by atoms with Gasteiger partial charge in [0.05, 0.1) is 22.3 Å². The molecule has 12 aromatic heterocycles. The van der Waals surface area contributed by atoms with Gasteiger partial charge in [-0.1, -0.05) is 173 Å². The van der Waals surface area contributed by atoms with E-state index in [1.165, 1.54) is 67.2 Å². The fourth-order valence-corrected chi connectivity index (χ4v) is 16.7. The van der Waals surface area contributed by atoms with Gasteiger partial charge >= 0.3 is 0 Å². The van der Waals surface area contributed by atoms with Gasteiger partial charge in [0.2, 0.25) is 45.6 Å². The molecule has 0 N–H and O–H groups in total. The van der Waals surface area contributed by atoms with Crippen LogP contribution in [0.5, 0.6) is 0 Å². The van der Waals surface area contributed by atoms with Crippen molar-refractivity contribution < 1.29 is 38.7 Å². The van der Waals surface area contributed by atoms with Crippen molar-refractivity contribution in [3.63, 3.8) is 0 Å². The number of hydrogen-bond donors (Lipinski definition) is 0. The van der Waals surface area contributed by atoms with Crippen LogP contribution in [0.4, 0.5) is 0 Å². The van der Waals surface area contributed by atoms with Gasteiger partial charge in [-0.05, 0) is 220 Å². The van der Waals surface area contributed by atoms with Crippen molar-refractivity contribution in [3.05, 3.63) is 236 Å². The molecule has 0 aliphatic rings. The van der Waals surface area contributed by atoms with E-state index in [-0.39, 0.29) is 16.2 Å². The molecule has 0 amide bonds. The molecule has 0 spiro atoms. The molecular formula is C106H128N8O4+4. The molecule has 0 atom stereocenters. The fraction of sp³-hybridized carbons (Fsp3) is 0.396. The monoisotopic (exact) mass is 1580 g/mol. The zero-order valence-corrected chi connectivity index (χ0v) is 76.3. The van der Waals surface area contributed by atoms with E-state index in [1.54, 1.807) is 0 Å². The standard InChI is InChI=1S/2C27H33N2O.2C26H31N2O/c2*1-16(2)22-12-11-21-20-10-9-17(3)24(25(20)30-26(21)28-22)23-13-18(4)19(15-29(23)8)14-27(5,6)7;2*1-8-19-10-12-21-20-11-9-16(2)23(24(20)29-25(21)27-19)22-13-17(3)18(15-28(22)7)14-26(4,5)6/h2*9-13,15-16H,14H2,1-8H3;2*9-13,15H,8,14H2,1-7H3/q4*+1/i;;14D2;. The highest BCUT2D eigenvalue weighted by atomic mass is 16.4. The maximum absolute atomic E-state index is 8.74. The highest BCUT2D eigenvalue weighted by Gasteiger charge is 2.31. The Morgan fingerprint density at radius 3 is 0.788 bits per heavy atom. The number of aryl methyl sites for hydroxylation is 14. The van der Waals surface area contributed by atoms with Gasteiger partial charge in [-0.2, -0.15) is 0 Å². The van der Waals surface area contributed by atoms with Crippen molar-refractivity contribution in [2.24, 2.45) is 49.9 Å². The second-order valence-corrected chi connectivity index (χ2v) is 38.8. The van der Waals surface area contributed by atoms with E-state index in [9.17, 15) is 0 Å². The van der Waals surface area contributed by atoms with Crippen LogP contribution in [0.3, 0.4) is 0 Å². The Morgan fingerprint density at radius 1 is 0.305 bits per heavy atom. The first-order chi connectivity index (χ1) is 56.2. The zero-order chi connectivity index (χ0) is 87.2. The Kier molecular flexibility index (Phi) is 23.0. The first-order valence-corrected chi connectivity index (χ1v) is 42.5. The quantitative estimate of drug-likeness (QED) is 0.111. The number of pyridine rings is 8. The topological polar surface area (TPSA) is 120 Å². The summed E-state index contributed by atoms with van der Waals surface area (Å²) in [6.07, 6.45) is 12.3. The molecule has 12 heterocycles.